The lowest BCUT2D eigenvalue weighted by atomic mass is 9.92. The standard InChI is InChI=1S/C28H36Br2N4O2/c1-19-12-23(3-2-22-14-24(29)18-32-17-22)25(26(30)13-19)15-20-4-8-33(9-5-20)27(35)16-21-6-10-34(11-7-21)28(31)36/h12-15,18,21,32H,2-11,16-17H2,1H3,(H2,31,36). The Labute approximate surface area is 231 Å². The normalized spacial score (nSPS) is 18.9. The minimum Gasteiger partial charge on any atom is -0.386 e. The van der Waals surface area contributed by atoms with E-state index in [4.69, 9.17) is 5.73 Å². The molecule has 1 aromatic rings. The van der Waals surface area contributed by atoms with Crippen LogP contribution in [0.2, 0.25) is 0 Å². The Kier molecular flexibility index (Phi) is 9.34. The first-order valence-electron chi connectivity index (χ1n) is 12.9. The zero-order valence-electron chi connectivity index (χ0n) is 21.0. The summed E-state index contributed by atoms with van der Waals surface area (Å²) in [5, 5.41) is 3.32. The van der Waals surface area contributed by atoms with Crippen LogP contribution < -0.4 is 11.1 Å². The number of urea groups is 1. The van der Waals surface area contributed by atoms with Crippen LogP contribution in [-0.4, -0.2) is 54.5 Å². The summed E-state index contributed by atoms with van der Waals surface area (Å²) in [4.78, 5) is 28.0. The number of rotatable bonds is 6. The smallest absolute Gasteiger partial charge is 0.314 e. The second kappa shape index (κ2) is 12.5. The van der Waals surface area contributed by atoms with Gasteiger partial charge in [-0.3, -0.25) is 4.79 Å². The lowest BCUT2D eigenvalue weighted by Gasteiger charge is -2.33. The van der Waals surface area contributed by atoms with Crippen molar-refractivity contribution in [2.45, 2.75) is 51.9 Å². The number of carbonyl (C=O) groups is 2. The number of halogens is 2. The summed E-state index contributed by atoms with van der Waals surface area (Å²) in [7, 11) is 0. The number of nitrogens with one attached hydrogen (secondary N) is 1. The maximum Gasteiger partial charge on any atom is 0.314 e. The highest BCUT2D eigenvalue weighted by molar-refractivity contribution is 9.12. The number of aryl methyl sites for hydroxylation is 2. The first-order valence-corrected chi connectivity index (χ1v) is 14.5. The number of piperidine rings is 2. The molecule has 3 aliphatic rings. The van der Waals surface area contributed by atoms with Gasteiger partial charge in [0, 0.05) is 54.3 Å². The average Bonchev–Trinajstić information content (AvgIpc) is 2.85. The molecule has 4 rings (SSSR count). The fourth-order valence-electron chi connectivity index (χ4n) is 5.34. The highest BCUT2D eigenvalue weighted by atomic mass is 79.9. The third-order valence-corrected chi connectivity index (χ3v) is 8.60. The first kappa shape index (κ1) is 27.0. The summed E-state index contributed by atoms with van der Waals surface area (Å²) in [5.74, 6) is 0.597. The van der Waals surface area contributed by atoms with Crippen LogP contribution in [0.3, 0.4) is 0 Å². The van der Waals surface area contributed by atoms with E-state index in [-0.39, 0.29) is 11.9 Å². The van der Waals surface area contributed by atoms with Gasteiger partial charge in [0.25, 0.3) is 0 Å². The Morgan fingerprint density at radius 2 is 1.81 bits per heavy atom. The van der Waals surface area contributed by atoms with E-state index in [9.17, 15) is 9.59 Å². The van der Waals surface area contributed by atoms with Crippen LogP contribution in [0.1, 0.15) is 55.2 Å². The highest BCUT2D eigenvalue weighted by Gasteiger charge is 2.26. The van der Waals surface area contributed by atoms with Crippen LogP contribution in [-0.2, 0) is 11.2 Å². The van der Waals surface area contributed by atoms with E-state index < -0.39 is 0 Å². The molecule has 8 heteroatoms. The van der Waals surface area contributed by atoms with E-state index in [0.717, 1.165) is 67.1 Å². The van der Waals surface area contributed by atoms with Gasteiger partial charge in [-0.15, -0.1) is 0 Å². The van der Waals surface area contributed by atoms with Crippen LogP contribution >= 0.6 is 31.9 Å². The Morgan fingerprint density at radius 1 is 1.08 bits per heavy atom. The van der Waals surface area contributed by atoms with E-state index in [1.807, 2.05) is 11.1 Å². The number of carbonyl (C=O) groups excluding carboxylic acids is 2. The predicted octanol–water partition coefficient (Wildman–Crippen LogP) is 5.64. The van der Waals surface area contributed by atoms with Gasteiger partial charge in [0.1, 0.15) is 0 Å². The van der Waals surface area contributed by atoms with Gasteiger partial charge in [-0.2, -0.15) is 0 Å². The van der Waals surface area contributed by atoms with Crippen LogP contribution in [0.5, 0.6) is 0 Å². The molecule has 0 radical (unpaired) electrons. The van der Waals surface area contributed by atoms with Crippen molar-refractivity contribution >= 4 is 49.9 Å². The number of nitrogens with two attached hydrogens (primary N) is 1. The molecule has 0 bridgehead atoms. The Balaban J connectivity index is 1.34. The molecule has 1 aromatic carbocycles. The van der Waals surface area contributed by atoms with Gasteiger partial charge in [-0.25, -0.2) is 4.79 Å². The maximum absolute atomic E-state index is 12.9. The number of allylic oxidation sites excluding steroid dienone is 2. The molecular weight excluding hydrogens is 584 g/mol. The van der Waals surface area contributed by atoms with Gasteiger partial charge in [-0.05, 0) is 102 Å². The Morgan fingerprint density at radius 3 is 2.47 bits per heavy atom. The maximum atomic E-state index is 12.9. The van der Waals surface area contributed by atoms with Crippen molar-refractivity contribution < 1.29 is 9.59 Å². The van der Waals surface area contributed by atoms with Crippen molar-refractivity contribution in [2.24, 2.45) is 11.7 Å². The summed E-state index contributed by atoms with van der Waals surface area (Å²) in [6.07, 6.45) is 12.7. The second-order valence-electron chi connectivity index (χ2n) is 10.2. The van der Waals surface area contributed by atoms with E-state index in [1.165, 1.54) is 27.8 Å². The molecule has 3 N–H and O–H groups in total. The van der Waals surface area contributed by atoms with Crippen LogP contribution in [0.25, 0.3) is 6.08 Å². The molecule has 3 aliphatic heterocycles. The molecule has 0 aliphatic carbocycles. The first-order chi connectivity index (χ1) is 17.3. The van der Waals surface area contributed by atoms with E-state index >= 15 is 0 Å². The van der Waals surface area contributed by atoms with Gasteiger partial charge in [0.05, 0.1) is 0 Å². The molecule has 2 saturated heterocycles. The number of primary amides is 1. The molecule has 194 valence electrons. The number of dihydropyridines is 1. The van der Waals surface area contributed by atoms with Crippen molar-refractivity contribution in [2.75, 3.05) is 32.7 Å². The number of benzene rings is 1. The van der Waals surface area contributed by atoms with E-state index in [2.05, 4.69) is 68.4 Å². The molecule has 0 saturated carbocycles. The average molecular weight is 620 g/mol. The van der Waals surface area contributed by atoms with E-state index in [0.29, 0.717) is 25.4 Å². The highest BCUT2D eigenvalue weighted by Crippen LogP contribution is 2.31. The number of hydrogen-bond acceptors (Lipinski definition) is 3. The van der Waals surface area contributed by atoms with E-state index in [1.54, 1.807) is 4.90 Å². The topological polar surface area (TPSA) is 78.7 Å². The van der Waals surface area contributed by atoms with Crippen molar-refractivity contribution in [3.8, 4) is 0 Å². The second-order valence-corrected chi connectivity index (χ2v) is 12.0. The molecule has 3 heterocycles. The predicted molar refractivity (Wildman–Crippen MR) is 153 cm³/mol. The molecule has 0 spiro atoms. The summed E-state index contributed by atoms with van der Waals surface area (Å²) < 4.78 is 2.23. The third-order valence-electron chi connectivity index (χ3n) is 7.48. The molecule has 36 heavy (non-hydrogen) atoms. The van der Waals surface area contributed by atoms with Gasteiger partial charge >= 0.3 is 6.03 Å². The van der Waals surface area contributed by atoms with Gasteiger partial charge in [0.15, 0.2) is 0 Å². The molecule has 0 unspecified atom stereocenters. The van der Waals surface area contributed by atoms with Crippen LogP contribution in [0.4, 0.5) is 4.79 Å². The van der Waals surface area contributed by atoms with Gasteiger partial charge in [0.2, 0.25) is 5.91 Å². The van der Waals surface area contributed by atoms with Crippen LogP contribution in [0, 0.1) is 12.8 Å². The summed E-state index contributed by atoms with van der Waals surface area (Å²) in [5.41, 5.74) is 12.1. The lowest BCUT2D eigenvalue weighted by Crippen LogP contribution is -2.43. The third kappa shape index (κ3) is 7.25. The fourth-order valence-corrected chi connectivity index (χ4v) is 6.56. The van der Waals surface area contributed by atoms with Crippen molar-refractivity contribution in [1.29, 1.82) is 0 Å². The number of likely N-dealkylation sites (tertiary alicyclic amines) is 2. The summed E-state index contributed by atoms with van der Waals surface area (Å²) >= 11 is 7.39. The zero-order chi connectivity index (χ0) is 25.7. The molecule has 6 nitrogen and oxygen atoms in total. The fraction of sp³-hybridized carbons (Fsp3) is 0.500. The minimum absolute atomic E-state index is 0.248. The SMILES string of the molecule is Cc1cc(Br)c(C=C2CCN(C(=O)CC3CCN(C(N)=O)CC3)CC2)c(CCC2=CC(Br)=CNC2)c1. The molecule has 0 aromatic heterocycles. The van der Waals surface area contributed by atoms with Crippen molar-refractivity contribution in [1.82, 2.24) is 15.1 Å². The van der Waals surface area contributed by atoms with Crippen molar-refractivity contribution in [3.05, 3.63) is 61.2 Å². The zero-order valence-corrected chi connectivity index (χ0v) is 24.2. The van der Waals surface area contributed by atoms with Gasteiger partial charge in [-0.1, -0.05) is 33.6 Å². The molecule has 2 fully saturated rings. The Hall–Kier alpha value is -2.06. The number of nitrogens with zero attached hydrogens (tertiary/aromatic N) is 2. The number of hydrogen-bond donors (Lipinski definition) is 2. The molecular formula is C28H36Br2N4O2. The van der Waals surface area contributed by atoms with Crippen molar-refractivity contribution in [3.63, 3.8) is 0 Å². The lowest BCUT2D eigenvalue weighted by molar-refractivity contribution is -0.132. The van der Waals surface area contributed by atoms with Gasteiger partial charge < -0.3 is 20.9 Å². The number of amides is 3. The minimum atomic E-state index is -0.355. The monoisotopic (exact) mass is 618 g/mol. The molecule has 3 amide bonds. The summed E-state index contributed by atoms with van der Waals surface area (Å²) in [6.45, 7) is 5.93. The Bertz CT molecular complexity index is 1080. The molecule has 0 atom stereocenters. The van der Waals surface area contributed by atoms with Crippen LogP contribution in [0.15, 0.2) is 44.5 Å². The summed E-state index contributed by atoms with van der Waals surface area (Å²) in [6, 6.07) is 4.15. The largest absolute Gasteiger partial charge is 0.386 e. The quantitative estimate of drug-likeness (QED) is 0.432.